The van der Waals surface area contributed by atoms with Gasteiger partial charge in [0.1, 0.15) is 44.2 Å². The Balaban J connectivity index is 2.25. The lowest BCUT2D eigenvalue weighted by Gasteiger charge is -2.23. The Bertz CT molecular complexity index is 580. The summed E-state index contributed by atoms with van der Waals surface area (Å²) < 4.78 is 9.47. The van der Waals surface area contributed by atoms with Crippen LogP contribution in [-0.4, -0.2) is 76.3 Å². The first-order valence-corrected chi connectivity index (χ1v) is 7.63. The lowest BCUT2D eigenvalue weighted by atomic mass is 10.0. The first kappa shape index (κ1) is 21.5. The summed E-state index contributed by atoms with van der Waals surface area (Å²) in [7, 11) is 0. The Kier molecular flexibility index (Phi) is 9.23. The van der Waals surface area contributed by atoms with Crippen LogP contribution in [0.2, 0.25) is 0 Å². The van der Waals surface area contributed by atoms with Crippen molar-refractivity contribution < 1.29 is 44.3 Å². The van der Waals surface area contributed by atoms with E-state index in [1.54, 1.807) is 24.3 Å². The van der Waals surface area contributed by atoms with Crippen molar-refractivity contribution in [1.29, 1.82) is 0 Å². The number of esters is 1. The Morgan fingerprint density at radius 1 is 1.04 bits per heavy atom. The molecule has 0 spiro atoms. The smallest absolute Gasteiger partial charge is 0.407 e. The number of amides is 1. The normalized spacial score (nSPS) is 15.2. The van der Waals surface area contributed by atoms with Crippen LogP contribution in [0.3, 0.4) is 0 Å². The largest absolute Gasteiger partial charge is 0.462 e. The van der Waals surface area contributed by atoms with Crippen LogP contribution in [-0.2, 0) is 25.7 Å². The van der Waals surface area contributed by atoms with E-state index in [1.807, 2.05) is 6.07 Å². The monoisotopic (exact) mass is 371 g/mol. The number of hydrogen-bond acceptors (Lipinski definition) is 9. The summed E-state index contributed by atoms with van der Waals surface area (Å²) in [5.41, 5.74) is 0.762. The number of hydrogen-bond donors (Lipinski definition) is 5. The van der Waals surface area contributed by atoms with Gasteiger partial charge >= 0.3 is 12.1 Å². The Morgan fingerprint density at radius 2 is 1.69 bits per heavy atom. The molecule has 10 nitrogen and oxygen atoms in total. The lowest BCUT2D eigenvalue weighted by molar-refractivity contribution is -0.155. The van der Waals surface area contributed by atoms with Gasteiger partial charge in [0.05, 0.1) is 0 Å². The molecule has 1 aromatic rings. The van der Waals surface area contributed by atoms with Gasteiger partial charge in [0.25, 0.3) is 0 Å². The maximum Gasteiger partial charge on any atom is 0.407 e. The van der Waals surface area contributed by atoms with Gasteiger partial charge in [0.2, 0.25) is 0 Å². The molecular formula is C16H21NO9. The molecule has 10 heteroatoms. The molecule has 0 saturated carbocycles. The molecule has 0 aromatic heterocycles. The van der Waals surface area contributed by atoms with Crippen LogP contribution in [0.25, 0.3) is 0 Å². The third-order valence-electron chi connectivity index (χ3n) is 3.24. The maximum absolute atomic E-state index is 11.5. The Hall–Kier alpha value is -2.53. The van der Waals surface area contributed by atoms with Crippen molar-refractivity contribution in [2.75, 3.05) is 13.2 Å². The highest BCUT2D eigenvalue weighted by Crippen LogP contribution is 2.05. The molecule has 0 aliphatic rings. The van der Waals surface area contributed by atoms with Crippen molar-refractivity contribution in [3.8, 4) is 0 Å². The van der Waals surface area contributed by atoms with Crippen molar-refractivity contribution in [1.82, 2.24) is 5.32 Å². The van der Waals surface area contributed by atoms with Crippen molar-refractivity contribution in [3.63, 3.8) is 0 Å². The average molecular weight is 371 g/mol. The topological polar surface area (TPSA) is 163 Å². The molecule has 26 heavy (non-hydrogen) atoms. The van der Waals surface area contributed by atoms with Gasteiger partial charge in [-0.25, -0.2) is 4.79 Å². The summed E-state index contributed by atoms with van der Waals surface area (Å²) in [6.07, 6.45) is -8.35. The minimum Gasteiger partial charge on any atom is -0.462 e. The molecule has 1 rings (SSSR count). The number of alkyl carbamates (subject to hydrolysis) is 1. The van der Waals surface area contributed by atoms with Crippen molar-refractivity contribution in [2.24, 2.45) is 0 Å². The molecule has 0 fully saturated rings. The van der Waals surface area contributed by atoms with E-state index in [0.29, 0.717) is 0 Å². The summed E-state index contributed by atoms with van der Waals surface area (Å²) >= 11 is 0. The number of aliphatic hydroxyl groups is 4. The van der Waals surface area contributed by atoms with E-state index >= 15 is 0 Å². The van der Waals surface area contributed by atoms with Gasteiger partial charge in [-0.2, -0.15) is 0 Å². The van der Waals surface area contributed by atoms with Crippen molar-refractivity contribution >= 4 is 18.3 Å². The quantitative estimate of drug-likeness (QED) is 0.233. The van der Waals surface area contributed by atoms with Crippen LogP contribution >= 0.6 is 0 Å². The highest BCUT2D eigenvalue weighted by Gasteiger charge is 2.30. The van der Waals surface area contributed by atoms with Gasteiger partial charge in [-0.15, -0.1) is 0 Å². The first-order valence-electron chi connectivity index (χ1n) is 7.63. The summed E-state index contributed by atoms with van der Waals surface area (Å²) in [6, 6.07) is 8.87. The van der Waals surface area contributed by atoms with Gasteiger partial charge in [-0.1, -0.05) is 30.3 Å². The van der Waals surface area contributed by atoms with Gasteiger partial charge in [-0.3, -0.25) is 4.79 Å². The van der Waals surface area contributed by atoms with Crippen LogP contribution in [0, 0.1) is 0 Å². The second-order valence-electron chi connectivity index (χ2n) is 5.27. The fourth-order valence-corrected chi connectivity index (χ4v) is 1.76. The third-order valence-corrected chi connectivity index (χ3v) is 3.24. The summed E-state index contributed by atoms with van der Waals surface area (Å²) in [5, 5.41) is 39.6. The van der Waals surface area contributed by atoms with Gasteiger partial charge < -0.3 is 40.0 Å². The number of carbonyl (C=O) groups is 3. The number of ether oxygens (including phenoxy) is 2. The standard InChI is InChI=1S/C16H21NO9/c18-7-11(19)14(22)15(23)12(20)9-25-13(21)6-17-16(24)26-8-10-4-2-1-3-5-10/h1-5,7,11-12,14-15,19-20,22-23H,6,8-9H2,(H,17,24)/t11-,12+,14+,15+/m0/s1. The van der Waals surface area contributed by atoms with Crippen molar-refractivity contribution in [3.05, 3.63) is 35.9 Å². The molecule has 0 bridgehead atoms. The fourth-order valence-electron chi connectivity index (χ4n) is 1.76. The molecule has 144 valence electrons. The maximum atomic E-state index is 11.5. The van der Waals surface area contributed by atoms with Gasteiger partial charge in [0, 0.05) is 0 Å². The van der Waals surface area contributed by atoms with Crippen LogP contribution in [0.4, 0.5) is 4.79 Å². The SMILES string of the molecule is O=C[C@H](O)[C@@H](O)[C@H](O)[C@H](O)COC(=O)CNC(=O)OCc1ccccc1. The van der Waals surface area contributed by atoms with Crippen LogP contribution in [0.1, 0.15) is 5.56 Å². The van der Waals surface area contributed by atoms with E-state index in [4.69, 9.17) is 9.84 Å². The molecule has 0 saturated heterocycles. The predicted molar refractivity (Wildman–Crippen MR) is 85.7 cm³/mol. The van der Waals surface area contributed by atoms with E-state index in [1.165, 1.54) is 0 Å². The average Bonchev–Trinajstić information content (AvgIpc) is 2.67. The second-order valence-corrected chi connectivity index (χ2v) is 5.27. The van der Waals surface area contributed by atoms with E-state index in [-0.39, 0.29) is 12.9 Å². The second kappa shape index (κ2) is 11.2. The van der Waals surface area contributed by atoms with Crippen LogP contribution < -0.4 is 5.32 Å². The zero-order valence-electron chi connectivity index (χ0n) is 13.7. The molecule has 0 aliphatic heterocycles. The number of nitrogens with one attached hydrogen (secondary N) is 1. The highest BCUT2D eigenvalue weighted by molar-refractivity contribution is 5.77. The molecule has 4 atom stereocenters. The molecule has 1 aromatic carbocycles. The molecule has 0 aliphatic carbocycles. The zero-order chi connectivity index (χ0) is 19.5. The van der Waals surface area contributed by atoms with Crippen molar-refractivity contribution in [2.45, 2.75) is 31.0 Å². The molecule has 0 unspecified atom stereocenters. The third kappa shape index (κ3) is 7.57. The van der Waals surface area contributed by atoms with E-state index in [0.717, 1.165) is 5.56 Å². The zero-order valence-corrected chi connectivity index (χ0v) is 13.7. The molecule has 0 radical (unpaired) electrons. The molecule has 5 N–H and O–H groups in total. The van der Waals surface area contributed by atoms with Gasteiger partial charge in [-0.05, 0) is 5.56 Å². The number of carbonyl (C=O) groups excluding carboxylic acids is 3. The predicted octanol–water partition coefficient (Wildman–Crippen LogP) is -1.90. The van der Waals surface area contributed by atoms with E-state index in [2.05, 4.69) is 10.1 Å². The molecule has 0 heterocycles. The first-order chi connectivity index (χ1) is 12.3. The summed E-state index contributed by atoms with van der Waals surface area (Å²) in [5.74, 6) is -0.932. The molecular weight excluding hydrogens is 350 g/mol. The van der Waals surface area contributed by atoms with E-state index < -0.39 is 49.6 Å². The summed E-state index contributed by atoms with van der Waals surface area (Å²) in [4.78, 5) is 33.2. The number of aliphatic hydroxyl groups excluding tert-OH is 4. The minimum absolute atomic E-state index is 0.0163. The lowest BCUT2D eigenvalue weighted by Crippen LogP contribution is -2.47. The highest BCUT2D eigenvalue weighted by atomic mass is 16.6. The Morgan fingerprint density at radius 3 is 2.31 bits per heavy atom. The summed E-state index contributed by atoms with van der Waals surface area (Å²) in [6.45, 7) is -1.25. The number of aldehydes is 1. The van der Waals surface area contributed by atoms with E-state index in [9.17, 15) is 29.7 Å². The molecule has 1 amide bonds. The van der Waals surface area contributed by atoms with Crippen LogP contribution in [0.15, 0.2) is 30.3 Å². The number of benzene rings is 1. The van der Waals surface area contributed by atoms with Gasteiger partial charge in [0.15, 0.2) is 6.29 Å². The minimum atomic E-state index is -1.94. The Labute approximate surface area is 149 Å². The number of rotatable bonds is 10. The fraction of sp³-hybridized carbons (Fsp3) is 0.438. The van der Waals surface area contributed by atoms with Crippen LogP contribution in [0.5, 0.6) is 0 Å².